The van der Waals surface area contributed by atoms with Crippen molar-refractivity contribution in [2.75, 3.05) is 0 Å². The van der Waals surface area contributed by atoms with E-state index in [2.05, 4.69) is 60.6 Å². The van der Waals surface area contributed by atoms with Crippen LogP contribution in [-0.2, 0) is 17.3 Å². The number of benzene rings is 2. The third-order valence-corrected chi connectivity index (χ3v) is 4.46. The average Bonchev–Trinajstić information content (AvgIpc) is 2.40. The molecule has 0 unspecified atom stereocenters. The van der Waals surface area contributed by atoms with Gasteiger partial charge in [-0.2, -0.15) is 0 Å². The summed E-state index contributed by atoms with van der Waals surface area (Å²) in [7, 11) is 0. The van der Waals surface area contributed by atoms with Crippen LogP contribution in [0.25, 0.3) is 0 Å². The number of aromatic hydroxyl groups is 1. The summed E-state index contributed by atoms with van der Waals surface area (Å²) in [4.78, 5) is 0. The van der Waals surface area contributed by atoms with E-state index in [1.807, 2.05) is 12.1 Å². The van der Waals surface area contributed by atoms with Crippen LogP contribution in [0.3, 0.4) is 0 Å². The third-order valence-electron chi connectivity index (χ3n) is 4.46. The molecule has 124 valence electrons. The van der Waals surface area contributed by atoms with Gasteiger partial charge < -0.3 is 5.11 Å². The zero-order valence-electron chi connectivity index (χ0n) is 15.6. The minimum atomic E-state index is 0.109. The number of hydrogen-bond acceptors (Lipinski definition) is 1. The lowest BCUT2D eigenvalue weighted by atomic mass is 9.76. The van der Waals surface area contributed by atoms with Crippen LogP contribution in [0.15, 0.2) is 36.4 Å². The Hall–Kier alpha value is -1.76. The van der Waals surface area contributed by atoms with E-state index in [9.17, 15) is 5.11 Å². The predicted octanol–water partition coefficient (Wildman–Crippen LogP) is 5.89. The smallest absolute Gasteiger partial charge is 0.115 e. The van der Waals surface area contributed by atoms with E-state index in [-0.39, 0.29) is 10.8 Å². The van der Waals surface area contributed by atoms with Gasteiger partial charge in [0.05, 0.1) is 0 Å². The van der Waals surface area contributed by atoms with Gasteiger partial charge in [0.15, 0.2) is 0 Å². The molecule has 0 aliphatic rings. The largest absolute Gasteiger partial charge is 0.508 e. The molecule has 2 aromatic rings. The number of hydrogen-bond donors (Lipinski definition) is 1. The number of aryl methyl sites for hydroxylation is 1. The van der Waals surface area contributed by atoms with Gasteiger partial charge in [-0.05, 0) is 64.1 Å². The van der Waals surface area contributed by atoms with Gasteiger partial charge in [-0.3, -0.25) is 0 Å². The van der Waals surface area contributed by atoms with Gasteiger partial charge in [-0.1, -0.05) is 65.8 Å². The molecule has 0 amide bonds. The first-order valence-corrected chi connectivity index (χ1v) is 8.41. The lowest BCUT2D eigenvalue weighted by Gasteiger charge is -2.29. The lowest BCUT2D eigenvalue weighted by molar-refractivity contribution is 0.475. The van der Waals surface area contributed by atoms with Crippen LogP contribution < -0.4 is 0 Å². The molecule has 0 saturated carbocycles. The van der Waals surface area contributed by atoms with Crippen molar-refractivity contribution in [1.82, 2.24) is 0 Å². The highest BCUT2D eigenvalue weighted by Crippen LogP contribution is 2.34. The Morgan fingerprint density at radius 3 is 1.87 bits per heavy atom. The van der Waals surface area contributed by atoms with Gasteiger partial charge in [0.2, 0.25) is 0 Å². The van der Waals surface area contributed by atoms with Crippen LogP contribution in [0.4, 0.5) is 0 Å². The van der Waals surface area contributed by atoms with E-state index in [1.165, 1.54) is 27.8 Å². The summed E-state index contributed by atoms with van der Waals surface area (Å²) in [5.74, 6) is 0.324. The fourth-order valence-corrected chi connectivity index (χ4v) is 2.97. The number of rotatable bonds is 2. The molecule has 0 bridgehead atoms. The zero-order valence-corrected chi connectivity index (χ0v) is 15.6. The Morgan fingerprint density at radius 2 is 1.39 bits per heavy atom. The molecule has 2 rings (SSSR count). The zero-order chi connectivity index (χ0) is 17.4. The minimum absolute atomic E-state index is 0.109. The fourth-order valence-electron chi connectivity index (χ4n) is 2.97. The van der Waals surface area contributed by atoms with Gasteiger partial charge in [0, 0.05) is 0 Å². The molecule has 0 fully saturated rings. The molecule has 1 heteroatoms. The molecule has 0 aromatic heterocycles. The minimum Gasteiger partial charge on any atom is -0.508 e. The van der Waals surface area contributed by atoms with Crippen molar-refractivity contribution in [2.45, 2.75) is 65.7 Å². The van der Waals surface area contributed by atoms with E-state index in [4.69, 9.17) is 0 Å². The van der Waals surface area contributed by atoms with E-state index < -0.39 is 0 Å². The molecule has 0 atom stereocenters. The van der Waals surface area contributed by atoms with Gasteiger partial charge in [-0.25, -0.2) is 0 Å². The maximum absolute atomic E-state index is 9.49. The molecule has 2 aromatic carbocycles. The highest BCUT2D eigenvalue weighted by atomic mass is 16.3. The Morgan fingerprint density at radius 1 is 0.826 bits per heavy atom. The molecule has 0 radical (unpaired) electrons. The van der Waals surface area contributed by atoms with Crippen LogP contribution in [0, 0.1) is 6.92 Å². The van der Waals surface area contributed by atoms with Crippen LogP contribution in [0.5, 0.6) is 5.75 Å². The average molecular weight is 310 g/mol. The topological polar surface area (TPSA) is 20.2 Å². The second-order valence-corrected chi connectivity index (χ2v) is 8.66. The summed E-state index contributed by atoms with van der Waals surface area (Å²) in [6, 6.07) is 12.3. The van der Waals surface area contributed by atoms with Crippen LogP contribution in [-0.4, -0.2) is 5.11 Å². The van der Waals surface area contributed by atoms with Crippen molar-refractivity contribution < 1.29 is 5.11 Å². The SMILES string of the molecule is Cc1cc(C(C)(C)C)cc(C(C)(C)C)c1Cc1ccc(O)cc1. The van der Waals surface area contributed by atoms with E-state index in [0.717, 1.165) is 6.42 Å². The van der Waals surface area contributed by atoms with Gasteiger partial charge >= 0.3 is 0 Å². The molecule has 1 N–H and O–H groups in total. The van der Waals surface area contributed by atoms with Crippen molar-refractivity contribution in [3.05, 3.63) is 64.2 Å². The molecular formula is C22H30O. The van der Waals surface area contributed by atoms with E-state index >= 15 is 0 Å². The standard InChI is InChI=1S/C22H30O/c1-15-12-17(21(2,3)4)14-20(22(5,6)7)19(15)13-16-8-10-18(23)11-9-16/h8-12,14,23H,13H2,1-7H3. The highest BCUT2D eigenvalue weighted by Gasteiger charge is 2.23. The Labute approximate surface area is 141 Å². The number of phenols is 1. The Bertz CT molecular complexity index is 680. The van der Waals surface area contributed by atoms with E-state index in [1.54, 1.807) is 12.1 Å². The normalized spacial score (nSPS) is 12.5. The Balaban J connectivity index is 2.55. The van der Waals surface area contributed by atoms with Gasteiger partial charge in [0.25, 0.3) is 0 Å². The van der Waals surface area contributed by atoms with Crippen molar-refractivity contribution in [1.29, 1.82) is 0 Å². The second-order valence-electron chi connectivity index (χ2n) is 8.66. The van der Waals surface area contributed by atoms with Crippen LogP contribution in [0.2, 0.25) is 0 Å². The summed E-state index contributed by atoms with van der Waals surface area (Å²) >= 11 is 0. The Kier molecular flexibility index (Phi) is 4.61. The lowest BCUT2D eigenvalue weighted by Crippen LogP contribution is -2.19. The molecule has 0 spiro atoms. The summed E-state index contributed by atoms with van der Waals surface area (Å²) in [5, 5.41) is 9.49. The van der Waals surface area contributed by atoms with Crippen molar-refractivity contribution >= 4 is 0 Å². The summed E-state index contributed by atoms with van der Waals surface area (Å²) in [6.45, 7) is 15.9. The van der Waals surface area contributed by atoms with Crippen molar-refractivity contribution in [2.24, 2.45) is 0 Å². The summed E-state index contributed by atoms with van der Waals surface area (Å²) < 4.78 is 0. The fraction of sp³-hybridized carbons (Fsp3) is 0.455. The summed E-state index contributed by atoms with van der Waals surface area (Å²) in [5.41, 5.74) is 7.09. The van der Waals surface area contributed by atoms with Gasteiger partial charge in [0.1, 0.15) is 5.75 Å². The number of phenolic OH excluding ortho intramolecular Hbond substituents is 1. The third kappa shape index (κ3) is 4.16. The van der Waals surface area contributed by atoms with Crippen molar-refractivity contribution in [3.8, 4) is 5.75 Å². The molecular weight excluding hydrogens is 280 g/mol. The molecule has 0 aliphatic heterocycles. The quantitative estimate of drug-likeness (QED) is 0.733. The molecule has 0 heterocycles. The monoisotopic (exact) mass is 310 g/mol. The first kappa shape index (κ1) is 17.6. The highest BCUT2D eigenvalue weighted by molar-refractivity contribution is 5.46. The second kappa shape index (κ2) is 6.03. The molecule has 0 aliphatic carbocycles. The molecule has 0 saturated heterocycles. The maximum Gasteiger partial charge on any atom is 0.115 e. The van der Waals surface area contributed by atoms with Gasteiger partial charge in [-0.15, -0.1) is 0 Å². The first-order chi connectivity index (χ1) is 10.5. The van der Waals surface area contributed by atoms with Crippen LogP contribution >= 0.6 is 0 Å². The molecule has 1 nitrogen and oxygen atoms in total. The predicted molar refractivity (Wildman–Crippen MR) is 99.5 cm³/mol. The summed E-state index contributed by atoms with van der Waals surface area (Å²) in [6.07, 6.45) is 0.906. The van der Waals surface area contributed by atoms with E-state index in [0.29, 0.717) is 5.75 Å². The molecule has 23 heavy (non-hydrogen) atoms. The van der Waals surface area contributed by atoms with Crippen molar-refractivity contribution in [3.63, 3.8) is 0 Å². The first-order valence-electron chi connectivity index (χ1n) is 8.41. The maximum atomic E-state index is 9.49. The van der Waals surface area contributed by atoms with Crippen LogP contribution in [0.1, 0.15) is 69.4 Å².